The van der Waals surface area contributed by atoms with Gasteiger partial charge in [0.1, 0.15) is 29.8 Å². The first kappa shape index (κ1) is 30.3. The Morgan fingerprint density at radius 1 is 0.911 bits per heavy atom. The molecule has 2 saturated heterocycles. The second-order valence-electron chi connectivity index (χ2n) is 11.2. The van der Waals surface area contributed by atoms with Crippen molar-refractivity contribution in [3.8, 4) is 5.75 Å². The van der Waals surface area contributed by atoms with Gasteiger partial charge in [-0.2, -0.15) is 0 Å². The van der Waals surface area contributed by atoms with Crippen LogP contribution in [0.1, 0.15) is 39.9 Å². The Kier molecular flexibility index (Phi) is 9.11. The maximum Gasteiger partial charge on any atom is 0.321 e. The van der Waals surface area contributed by atoms with Crippen molar-refractivity contribution in [1.29, 1.82) is 0 Å². The molecular weight excluding hydrogens is 570 g/mol. The van der Waals surface area contributed by atoms with Crippen molar-refractivity contribution in [2.24, 2.45) is 0 Å². The van der Waals surface area contributed by atoms with Crippen LogP contribution in [-0.4, -0.2) is 66.8 Å². The van der Waals surface area contributed by atoms with Crippen LogP contribution in [0.15, 0.2) is 115 Å². The Balaban J connectivity index is 1.18. The Morgan fingerprint density at radius 3 is 2.07 bits per heavy atom. The largest absolute Gasteiger partial charge is 0.497 e. The number of hydrogen-bond acceptors (Lipinski definition) is 6. The molecule has 2 aliphatic rings. The van der Waals surface area contributed by atoms with Gasteiger partial charge in [0.25, 0.3) is 5.91 Å². The van der Waals surface area contributed by atoms with Crippen LogP contribution in [0.5, 0.6) is 5.75 Å². The van der Waals surface area contributed by atoms with Crippen LogP contribution < -0.4 is 15.4 Å². The molecule has 0 spiro atoms. The highest BCUT2D eigenvalue weighted by Crippen LogP contribution is 2.42. The van der Waals surface area contributed by atoms with Gasteiger partial charge in [-0.1, -0.05) is 91.0 Å². The van der Waals surface area contributed by atoms with E-state index in [0.717, 1.165) is 22.4 Å². The molecule has 4 aromatic rings. The first-order valence-electron chi connectivity index (χ1n) is 15.1. The topological polar surface area (TPSA) is 109 Å². The Labute approximate surface area is 262 Å². The van der Waals surface area contributed by atoms with Crippen LogP contribution in [0.2, 0.25) is 0 Å². The van der Waals surface area contributed by atoms with Gasteiger partial charge in [0.05, 0.1) is 19.8 Å². The molecule has 9 heteroatoms. The van der Waals surface area contributed by atoms with Gasteiger partial charge in [0.15, 0.2) is 0 Å². The summed E-state index contributed by atoms with van der Waals surface area (Å²) in [7, 11) is 1.63. The van der Waals surface area contributed by atoms with Gasteiger partial charge in [-0.05, 0) is 41.0 Å². The third-order valence-corrected chi connectivity index (χ3v) is 8.43. The SMILES string of the molecule is COc1ccc(C(OC[C@H]2O[C@@H](N3CCC(NC(=O)c4ccccc4)NC3=O)C[C@@H]2O)(c2ccccc2)c2ccccc2)cc1. The third-order valence-electron chi connectivity index (χ3n) is 8.43. The molecule has 9 nitrogen and oxygen atoms in total. The Morgan fingerprint density at radius 2 is 1.49 bits per heavy atom. The number of ether oxygens (including phenoxy) is 3. The van der Waals surface area contributed by atoms with Gasteiger partial charge >= 0.3 is 6.03 Å². The zero-order chi connectivity index (χ0) is 31.2. The number of rotatable bonds is 10. The monoisotopic (exact) mass is 607 g/mol. The number of hydrogen-bond donors (Lipinski definition) is 3. The molecule has 45 heavy (non-hydrogen) atoms. The summed E-state index contributed by atoms with van der Waals surface area (Å²) in [4.78, 5) is 27.3. The number of carbonyl (C=O) groups excluding carboxylic acids is 2. The molecule has 4 aromatic carbocycles. The fourth-order valence-electron chi connectivity index (χ4n) is 6.07. The number of aliphatic hydroxyl groups excluding tert-OH is 1. The lowest BCUT2D eigenvalue weighted by Gasteiger charge is -2.38. The molecule has 0 radical (unpaired) electrons. The van der Waals surface area contributed by atoms with Crippen LogP contribution in [0.3, 0.4) is 0 Å². The molecule has 6 rings (SSSR count). The average molecular weight is 608 g/mol. The second kappa shape index (κ2) is 13.5. The third kappa shape index (κ3) is 6.42. The lowest BCUT2D eigenvalue weighted by atomic mass is 9.80. The fourth-order valence-corrected chi connectivity index (χ4v) is 6.07. The van der Waals surface area contributed by atoms with E-state index in [0.29, 0.717) is 18.5 Å². The summed E-state index contributed by atoms with van der Waals surface area (Å²) in [5.74, 6) is 0.476. The zero-order valence-electron chi connectivity index (χ0n) is 25.0. The van der Waals surface area contributed by atoms with E-state index in [9.17, 15) is 14.7 Å². The molecule has 4 atom stereocenters. The molecule has 232 valence electrons. The summed E-state index contributed by atoms with van der Waals surface area (Å²) in [5.41, 5.74) is 2.25. The number of amides is 3. The quantitative estimate of drug-likeness (QED) is 0.227. The van der Waals surface area contributed by atoms with Gasteiger partial charge < -0.3 is 30.0 Å². The standard InChI is InChI=1S/C36H37N3O6/c1-43-29-19-17-28(18-20-29)36(26-13-7-3-8-14-26,27-15-9-4-10-16-27)44-24-31-30(40)23-33(45-31)39-22-21-32(38-35(39)42)37-34(41)25-11-5-2-6-12-25/h2-20,30-33,40H,21-24H2,1H3,(H,37,41)(H,38,42)/t30-,31+,32?,33+/m0/s1. The number of urea groups is 1. The van der Waals surface area contributed by atoms with Crippen LogP contribution in [0.25, 0.3) is 0 Å². The van der Waals surface area contributed by atoms with Crippen molar-refractivity contribution in [2.75, 3.05) is 20.3 Å². The van der Waals surface area contributed by atoms with E-state index in [1.54, 1.807) is 36.3 Å². The number of aliphatic hydroxyl groups is 1. The van der Waals surface area contributed by atoms with E-state index in [1.165, 1.54) is 0 Å². The molecule has 1 unspecified atom stereocenters. The second-order valence-corrected chi connectivity index (χ2v) is 11.2. The normalized spacial score (nSPS) is 21.6. The number of benzene rings is 4. The molecule has 2 aliphatic heterocycles. The summed E-state index contributed by atoms with van der Waals surface area (Å²) in [5, 5.41) is 16.8. The number of nitrogens with one attached hydrogen (secondary N) is 2. The first-order valence-corrected chi connectivity index (χ1v) is 15.1. The maximum absolute atomic E-state index is 13.1. The minimum absolute atomic E-state index is 0.0682. The summed E-state index contributed by atoms with van der Waals surface area (Å²) in [6.07, 6.45) is -1.93. The minimum atomic E-state index is -1.01. The van der Waals surface area contributed by atoms with Gasteiger partial charge in [-0.3, -0.25) is 9.69 Å². The molecule has 3 N–H and O–H groups in total. The van der Waals surface area contributed by atoms with E-state index in [-0.39, 0.29) is 25.0 Å². The maximum atomic E-state index is 13.1. The zero-order valence-corrected chi connectivity index (χ0v) is 25.0. The Bertz CT molecular complexity index is 1530. The van der Waals surface area contributed by atoms with E-state index in [1.807, 2.05) is 91.0 Å². The van der Waals surface area contributed by atoms with Crippen molar-refractivity contribution >= 4 is 11.9 Å². The lowest BCUT2D eigenvalue weighted by Crippen LogP contribution is -2.60. The predicted octanol–water partition coefficient (Wildman–Crippen LogP) is 4.65. The number of carbonyl (C=O) groups is 2. The molecule has 2 heterocycles. The van der Waals surface area contributed by atoms with E-state index in [4.69, 9.17) is 14.2 Å². The van der Waals surface area contributed by atoms with Gasteiger partial charge in [0.2, 0.25) is 0 Å². The molecule has 0 aromatic heterocycles. The average Bonchev–Trinajstić information content (AvgIpc) is 3.46. The summed E-state index contributed by atoms with van der Waals surface area (Å²) in [6, 6.07) is 36.2. The number of methoxy groups -OCH3 is 1. The van der Waals surface area contributed by atoms with Crippen molar-refractivity contribution < 1.29 is 28.9 Å². The van der Waals surface area contributed by atoms with Gasteiger partial charge in [0, 0.05) is 24.9 Å². The van der Waals surface area contributed by atoms with Gasteiger partial charge in [-0.15, -0.1) is 0 Å². The summed E-state index contributed by atoms with van der Waals surface area (Å²) in [6.45, 7) is 0.430. The smallest absolute Gasteiger partial charge is 0.321 e. The van der Waals surface area contributed by atoms with E-state index < -0.39 is 30.2 Å². The fraction of sp³-hybridized carbons (Fsp3) is 0.278. The van der Waals surface area contributed by atoms with Gasteiger partial charge in [-0.25, -0.2) is 4.79 Å². The van der Waals surface area contributed by atoms with Crippen molar-refractivity contribution in [3.63, 3.8) is 0 Å². The number of nitrogens with zero attached hydrogens (tertiary/aromatic N) is 1. The summed E-state index contributed by atoms with van der Waals surface area (Å²) >= 11 is 0. The van der Waals surface area contributed by atoms with E-state index >= 15 is 0 Å². The highest BCUT2D eigenvalue weighted by Gasteiger charge is 2.44. The summed E-state index contributed by atoms with van der Waals surface area (Å²) < 4.78 is 18.6. The van der Waals surface area contributed by atoms with Crippen LogP contribution in [-0.2, 0) is 15.1 Å². The van der Waals surface area contributed by atoms with Crippen LogP contribution in [0, 0.1) is 0 Å². The molecule has 3 amide bonds. The Hall–Kier alpha value is -4.70. The van der Waals surface area contributed by atoms with Crippen molar-refractivity contribution in [3.05, 3.63) is 138 Å². The molecule has 0 saturated carbocycles. The van der Waals surface area contributed by atoms with Crippen LogP contribution in [0.4, 0.5) is 4.79 Å². The van der Waals surface area contributed by atoms with Crippen LogP contribution >= 0.6 is 0 Å². The van der Waals surface area contributed by atoms with E-state index in [2.05, 4.69) is 10.6 Å². The van der Waals surface area contributed by atoms with Crippen molar-refractivity contribution in [1.82, 2.24) is 15.5 Å². The molecule has 0 aliphatic carbocycles. The lowest BCUT2D eigenvalue weighted by molar-refractivity contribution is -0.104. The molecule has 0 bridgehead atoms. The highest BCUT2D eigenvalue weighted by atomic mass is 16.6. The van der Waals surface area contributed by atoms with Crippen molar-refractivity contribution in [2.45, 2.75) is 43.0 Å². The molecule has 2 fully saturated rings. The first-order chi connectivity index (χ1) is 22.0. The minimum Gasteiger partial charge on any atom is -0.497 e. The highest BCUT2D eigenvalue weighted by molar-refractivity contribution is 5.94. The molecular formula is C36H37N3O6. The predicted molar refractivity (Wildman–Crippen MR) is 169 cm³/mol.